The topological polar surface area (TPSA) is 17.1 Å². The fraction of sp³-hybridized carbons (Fsp3) is 0.550. The molecule has 1 aromatic carbocycles. The molecule has 0 aromatic heterocycles. The van der Waals surface area contributed by atoms with E-state index in [1.54, 1.807) is 0 Å². The lowest BCUT2D eigenvalue weighted by Gasteiger charge is -2.11. The minimum atomic E-state index is 0.370. The Labute approximate surface area is 129 Å². The summed E-state index contributed by atoms with van der Waals surface area (Å²) in [6.07, 6.45) is 13.1. The highest BCUT2D eigenvalue weighted by Gasteiger charge is 2.27. The summed E-state index contributed by atoms with van der Waals surface area (Å²) in [4.78, 5) is 12.1. The Morgan fingerprint density at radius 3 is 2.52 bits per heavy atom. The number of Topliss-reactive ketones (excluding diaryl/α,β-unsaturated/α-hetero) is 1. The van der Waals surface area contributed by atoms with Gasteiger partial charge in [0.25, 0.3) is 0 Å². The van der Waals surface area contributed by atoms with E-state index < -0.39 is 0 Å². The largest absolute Gasteiger partial charge is 0.295 e. The van der Waals surface area contributed by atoms with Gasteiger partial charge >= 0.3 is 0 Å². The van der Waals surface area contributed by atoms with Crippen molar-refractivity contribution in [2.75, 3.05) is 0 Å². The number of ketones is 1. The highest BCUT2D eigenvalue weighted by molar-refractivity contribution is 6.02. The van der Waals surface area contributed by atoms with Crippen LogP contribution in [-0.4, -0.2) is 5.78 Å². The molecular weight excluding hydrogens is 256 g/mol. The Kier molecular flexibility index (Phi) is 6.72. The second kappa shape index (κ2) is 8.81. The summed E-state index contributed by atoms with van der Waals surface area (Å²) in [7, 11) is 0. The van der Waals surface area contributed by atoms with Crippen molar-refractivity contribution in [2.24, 2.45) is 5.92 Å². The van der Waals surface area contributed by atoms with Crippen LogP contribution in [0, 0.1) is 5.92 Å². The van der Waals surface area contributed by atoms with Gasteiger partial charge in [0.2, 0.25) is 0 Å². The van der Waals surface area contributed by atoms with Crippen molar-refractivity contribution in [2.45, 2.75) is 64.7 Å². The van der Waals surface area contributed by atoms with Gasteiger partial charge < -0.3 is 0 Å². The molecule has 0 unspecified atom stereocenters. The molecule has 0 heterocycles. The molecule has 0 amide bonds. The molecule has 2 rings (SSSR count). The van der Waals surface area contributed by atoms with Crippen molar-refractivity contribution in [1.29, 1.82) is 0 Å². The van der Waals surface area contributed by atoms with E-state index in [0.29, 0.717) is 11.7 Å². The maximum Gasteiger partial charge on any atom is 0.159 e. The number of carbonyl (C=O) groups is 1. The minimum Gasteiger partial charge on any atom is -0.295 e. The lowest BCUT2D eigenvalue weighted by molar-refractivity contribution is -0.114. The summed E-state index contributed by atoms with van der Waals surface area (Å²) in [5.74, 6) is 0.874. The molecule has 1 saturated carbocycles. The Morgan fingerprint density at radius 2 is 1.76 bits per heavy atom. The van der Waals surface area contributed by atoms with Crippen LogP contribution in [0.15, 0.2) is 35.9 Å². The van der Waals surface area contributed by atoms with Crippen LogP contribution in [0.2, 0.25) is 0 Å². The van der Waals surface area contributed by atoms with Crippen LogP contribution in [0.5, 0.6) is 0 Å². The van der Waals surface area contributed by atoms with Crippen molar-refractivity contribution >= 4 is 11.9 Å². The summed E-state index contributed by atoms with van der Waals surface area (Å²) >= 11 is 0. The number of carbonyl (C=O) groups excluding carboxylic acids is 1. The molecule has 0 radical (unpaired) electrons. The normalized spacial score (nSPS) is 20.3. The zero-order valence-corrected chi connectivity index (χ0v) is 13.3. The first-order valence-corrected chi connectivity index (χ1v) is 8.61. The van der Waals surface area contributed by atoms with E-state index in [1.165, 1.54) is 44.9 Å². The molecule has 0 saturated heterocycles. The lowest BCUT2D eigenvalue weighted by atomic mass is 9.93. The van der Waals surface area contributed by atoms with E-state index in [0.717, 1.165) is 24.0 Å². The van der Waals surface area contributed by atoms with Gasteiger partial charge in [-0.3, -0.25) is 4.79 Å². The highest BCUT2D eigenvalue weighted by Crippen LogP contribution is 2.33. The van der Waals surface area contributed by atoms with E-state index in [1.807, 2.05) is 18.2 Å². The summed E-state index contributed by atoms with van der Waals surface area (Å²) < 4.78 is 0. The molecule has 0 spiro atoms. The van der Waals surface area contributed by atoms with Crippen molar-refractivity contribution in [3.63, 3.8) is 0 Å². The van der Waals surface area contributed by atoms with Gasteiger partial charge in [-0.15, -0.1) is 0 Å². The summed E-state index contributed by atoms with van der Waals surface area (Å²) in [6, 6.07) is 10.3. The van der Waals surface area contributed by atoms with Crippen molar-refractivity contribution in [3.8, 4) is 0 Å². The number of hydrogen-bond donors (Lipinski definition) is 0. The number of hydrogen-bond acceptors (Lipinski definition) is 1. The first-order valence-electron chi connectivity index (χ1n) is 8.61. The van der Waals surface area contributed by atoms with Crippen LogP contribution in [0.25, 0.3) is 6.08 Å². The summed E-state index contributed by atoms with van der Waals surface area (Å²) in [5.41, 5.74) is 2.24. The molecule has 1 nitrogen and oxygen atoms in total. The van der Waals surface area contributed by atoms with Crippen molar-refractivity contribution in [3.05, 3.63) is 41.5 Å². The molecule has 21 heavy (non-hydrogen) atoms. The number of benzene rings is 1. The van der Waals surface area contributed by atoms with E-state index in [9.17, 15) is 4.79 Å². The maximum atomic E-state index is 12.1. The molecule has 1 aromatic rings. The summed E-state index contributed by atoms with van der Waals surface area (Å²) in [5, 5.41) is 0. The monoisotopic (exact) mass is 284 g/mol. The van der Waals surface area contributed by atoms with Gasteiger partial charge in [-0.05, 0) is 36.0 Å². The van der Waals surface area contributed by atoms with Crippen LogP contribution >= 0.6 is 0 Å². The molecule has 1 atom stereocenters. The first kappa shape index (κ1) is 16.0. The van der Waals surface area contributed by atoms with Gasteiger partial charge in [0, 0.05) is 6.42 Å². The Hall–Kier alpha value is -1.37. The maximum absolute atomic E-state index is 12.1. The molecule has 1 aliphatic rings. The predicted octanol–water partition coefficient (Wildman–Crippen LogP) is 5.80. The molecule has 0 aliphatic heterocycles. The van der Waals surface area contributed by atoms with Crippen molar-refractivity contribution < 1.29 is 4.79 Å². The lowest BCUT2D eigenvalue weighted by Crippen LogP contribution is -2.01. The summed E-state index contributed by atoms with van der Waals surface area (Å²) in [6.45, 7) is 2.25. The van der Waals surface area contributed by atoms with Crippen LogP contribution in [0.4, 0.5) is 0 Å². The quantitative estimate of drug-likeness (QED) is 0.435. The number of unbranched alkanes of at least 4 members (excludes halogenated alkanes) is 5. The van der Waals surface area contributed by atoms with E-state index in [-0.39, 0.29) is 0 Å². The van der Waals surface area contributed by atoms with Crippen LogP contribution in [0.3, 0.4) is 0 Å². The Bertz CT molecular complexity index is 458. The number of rotatable bonds is 8. The molecule has 1 heteroatoms. The van der Waals surface area contributed by atoms with E-state index >= 15 is 0 Å². The van der Waals surface area contributed by atoms with Gasteiger partial charge in [0.15, 0.2) is 5.78 Å². The van der Waals surface area contributed by atoms with Crippen molar-refractivity contribution in [1.82, 2.24) is 0 Å². The molecule has 1 fully saturated rings. The second-order valence-electron chi connectivity index (χ2n) is 6.23. The molecule has 0 N–H and O–H groups in total. The molecule has 114 valence electrons. The average molecular weight is 284 g/mol. The second-order valence-corrected chi connectivity index (χ2v) is 6.23. The molecular formula is C20H28O. The minimum absolute atomic E-state index is 0.370. The van der Waals surface area contributed by atoms with Gasteiger partial charge in [0.05, 0.1) is 0 Å². The van der Waals surface area contributed by atoms with Crippen LogP contribution < -0.4 is 0 Å². The standard InChI is InChI=1S/C20H28O/c1-2-3-4-5-6-10-13-18-14-15-20(21)19(18)16-17-11-8-7-9-12-17/h7-9,11-12,16,18H,2-6,10,13-15H2,1H3/b19-16+/t18-/m0/s1. The van der Waals surface area contributed by atoms with E-state index in [4.69, 9.17) is 0 Å². The van der Waals surface area contributed by atoms with E-state index in [2.05, 4.69) is 25.1 Å². The van der Waals surface area contributed by atoms with Crippen LogP contribution in [0.1, 0.15) is 70.3 Å². The molecule has 0 bridgehead atoms. The third-order valence-corrected chi connectivity index (χ3v) is 4.51. The Balaban J connectivity index is 1.84. The fourth-order valence-corrected chi connectivity index (χ4v) is 3.23. The zero-order chi connectivity index (χ0) is 14.9. The smallest absolute Gasteiger partial charge is 0.159 e. The Morgan fingerprint density at radius 1 is 1.05 bits per heavy atom. The third-order valence-electron chi connectivity index (χ3n) is 4.51. The van der Waals surface area contributed by atoms with Gasteiger partial charge in [-0.1, -0.05) is 75.8 Å². The van der Waals surface area contributed by atoms with Gasteiger partial charge in [-0.25, -0.2) is 0 Å². The first-order chi connectivity index (χ1) is 10.3. The predicted molar refractivity (Wildman–Crippen MR) is 90.1 cm³/mol. The molecule has 1 aliphatic carbocycles. The van der Waals surface area contributed by atoms with Gasteiger partial charge in [-0.2, -0.15) is 0 Å². The fourth-order valence-electron chi connectivity index (χ4n) is 3.23. The average Bonchev–Trinajstić information content (AvgIpc) is 2.85. The zero-order valence-electron chi connectivity index (χ0n) is 13.3. The highest BCUT2D eigenvalue weighted by atomic mass is 16.1. The van der Waals surface area contributed by atoms with Gasteiger partial charge in [0.1, 0.15) is 0 Å². The third kappa shape index (κ3) is 5.15. The van der Waals surface area contributed by atoms with Crippen LogP contribution in [-0.2, 0) is 4.79 Å². The SMILES string of the molecule is CCCCCCCC[C@H]1CCC(=O)/C1=C/c1ccccc1. The number of allylic oxidation sites excluding steroid dienone is 1.